The highest BCUT2D eigenvalue weighted by atomic mass is 16.6. The lowest BCUT2D eigenvalue weighted by molar-refractivity contribution is -0.556. The van der Waals surface area contributed by atoms with E-state index in [1.165, 1.54) is 0 Å². The third-order valence-electron chi connectivity index (χ3n) is 1.13. The van der Waals surface area contributed by atoms with Gasteiger partial charge in [0.15, 0.2) is 0 Å². The first kappa shape index (κ1) is 8.99. The van der Waals surface area contributed by atoms with E-state index in [9.17, 15) is 14.9 Å². The highest BCUT2D eigenvalue weighted by Gasteiger charge is 2.41. The Bertz CT molecular complexity index is 141. The van der Waals surface area contributed by atoms with E-state index in [-0.39, 0.29) is 6.29 Å². The highest BCUT2D eigenvalue weighted by molar-refractivity contribution is 5.62. The molecule has 0 aliphatic carbocycles. The van der Waals surface area contributed by atoms with Crippen molar-refractivity contribution in [3.05, 3.63) is 10.1 Å². The number of hydrogen-bond donors (Lipinski definition) is 2. The molecule has 0 spiro atoms. The van der Waals surface area contributed by atoms with Crippen molar-refractivity contribution in [2.45, 2.75) is 5.54 Å². The molecule has 10 heavy (non-hydrogen) atoms. The van der Waals surface area contributed by atoms with Gasteiger partial charge in [-0.3, -0.25) is 14.9 Å². The van der Waals surface area contributed by atoms with Gasteiger partial charge in [-0.25, -0.2) is 0 Å². The summed E-state index contributed by atoms with van der Waals surface area (Å²) in [5.74, 6) is 0. The molecule has 0 aromatic heterocycles. The van der Waals surface area contributed by atoms with Crippen molar-refractivity contribution < 1.29 is 19.9 Å². The zero-order valence-corrected chi connectivity index (χ0v) is 5.06. The third-order valence-corrected chi connectivity index (χ3v) is 1.13. The summed E-state index contributed by atoms with van der Waals surface area (Å²) in [5, 5.41) is 26.6. The van der Waals surface area contributed by atoms with Gasteiger partial charge >= 0.3 is 5.54 Å². The maximum atomic E-state index is 9.97. The van der Waals surface area contributed by atoms with Crippen molar-refractivity contribution in [3.63, 3.8) is 0 Å². The van der Waals surface area contributed by atoms with Gasteiger partial charge in [-0.2, -0.15) is 0 Å². The van der Waals surface area contributed by atoms with E-state index < -0.39 is 23.7 Å². The molecule has 6 nitrogen and oxygen atoms in total. The van der Waals surface area contributed by atoms with Crippen LogP contribution < -0.4 is 0 Å². The normalized spacial score (nSPS) is 11.0. The zero-order chi connectivity index (χ0) is 8.20. The van der Waals surface area contributed by atoms with Crippen LogP contribution >= 0.6 is 0 Å². The van der Waals surface area contributed by atoms with E-state index in [4.69, 9.17) is 10.2 Å². The van der Waals surface area contributed by atoms with E-state index >= 15 is 0 Å². The van der Waals surface area contributed by atoms with Gasteiger partial charge in [-0.05, 0) is 0 Å². The van der Waals surface area contributed by atoms with Crippen molar-refractivity contribution in [3.8, 4) is 0 Å². The van der Waals surface area contributed by atoms with Gasteiger partial charge < -0.3 is 10.2 Å². The molecule has 0 heterocycles. The fourth-order valence-corrected chi connectivity index (χ4v) is 0.283. The van der Waals surface area contributed by atoms with Crippen molar-refractivity contribution in [2.75, 3.05) is 13.2 Å². The Hall–Kier alpha value is -1.01. The topological polar surface area (TPSA) is 101 Å². The molecule has 0 saturated heterocycles. The molecular formula is C4H7NO5. The van der Waals surface area contributed by atoms with Gasteiger partial charge in [0, 0.05) is 4.92 Å². The van der Waals surface area contributed by atoms with Crippen LogP contribution in [0.4, 0.5) is 0 Å². The Balaban J connectivity index is 4.46. The van der Waals surface area contributed by atoms with Gasteiger partial charge in [0.05, 0.1) is 0 Å². The van der Waals surface area contributed by atoms with Gasteiger partial charge in [0.1, 0.15) is 13.2 Å². The maximum absolute atomic E-state index is 9.97. The fraction of sp³-hybridized carbons (Fsp3) is 0.750. The van der Waals surface area contributed by atoms with Crippen molar-refractivity contribution in [2.24, 2.45) is 0 Å². The summed E-state index contributed by atoms with van der Waals surface area (Å²) in [6, 6.07) is 0. The second-order valence-corrected chi connectivity index (χ2v) is 1.79. The first-order valence-electron chi connectivity index (χ1n) is 2.45. The standard InChI is InChI=1S/C4H7NO5/c6-1-4(2-7,3-8)5(9)10/h1,7-8H,2-3H2. The number of carbonyl (C=O) groups excluding carboxylic acids is 1. The van der Waals surface area contributed by atoms with Crippen LogP contribution in [0.1, 0.15) is 0 Å². The van der Waals surface area contributed by atoms with E-state index in [2.05, 4.69) is 0 Å². The average Bonchev–Trinajstić information content (AvgIpc) is 1.92. The monoisotopic (exact) mass is 149 g/mol. The van der Waals surface area contributed by atoms with Crippen LogP contribution in [0.5, 0.6) is 0 Å². The number of aliphatic hydroxyl groups excluding tert-OH is 2. The molecule has 0 unspecified atom stereocenters. The minimum atomic E-state index is -2.22. The number of hydrogen-bond acceptors (Lipinski definition) is 5. The van der Waals surface area contributed by atoms with Crippen LogP contribution in [0.15, 0.2) is 0 Å². The van der Waals surface area contributed by atoms with Crippen molar-refractivity contribution in [1.82, 2.24) is 0 Å². The molecule has 0 aromatic carbocycles. The van der Waals surface area contributed by atoms with E-state index in [0.29, 0.717) is 0 Å². The zero-order valence-electron chi connectivity index (χ0n) is 5.06. The molecule has 0 aliphatic rings. The smallest absolute Gasteiger partial charge is 0.321 e. The number of nitrogens with zero attached hydrogens (tertiary/aromatic N) is 1. The maximum Gasteiger partial charge on any atom is 0.321 e. The van der Waals surface area contributed by atoms with Crippen LogP contribution in [0.25, 0.3) is 0 Å². The molecular weight excluding hydrogens is 142 g/mol. The first-order chi connectivity index (χ1) is 4.63. The quantitative estimate of drug-likeness (QED) is 0.278. The summed E-state index contributed by atoms with van der Waals surface area (Å²) >= 11 is 0. The molecule has 2 N–H and O–H groups in total. The van der Waals surface area contributed by atoms with Crippen LogP contribution in [-0.2, 0) is 4.79 Å². The number of carbonyl (C=O) groups is 1. The van der Waals surface area contributed by atoms with E-state index in [1.54, 1.807) is 0 Å². The Morgan fingerprint density at radius 3 is 1.90 bits per heavy atom. The Labute approximate surface area is 56.2 Å². The number of nitro groups is 1. The Morgan fingerprint density at radius 1 is 1.50 bits per heavy atom. The first-order valence-corrected chi connectivity index (χ1v) is 2.45. The predicted molar refractivity (Wildman–Crippen MR) is 30.0 cm³/mol. The number of rotatable bonds is 4. The molecule has 0 saturated carbocycles. The number of aldehydes is 1. The Kier molecular flexibility index (Phi) is 2.91. The molecule has 0 amide bonds. The van der Waals surface area contributed by atoms with E-state index in [0.717, 1.165) is 0 Å². The highest BCUT2D eigenvalue weighted by Crippen LogP contribution is 2.02. The predicted octanol–water partition coefficient (Wildman–Crippen LogP) is -1.81. The van der Waals surface area contributed by atoms with Crippen molar-refractivity contribution >= 4 is 6.29 Å². The molecule has 0 bridgehead atoms. The lowest BCUT2D eigenvalue weighted by atomic mass is 10.1. The largest absolute Gasteiger partial charge is 0.388 e. The van der Waals surface area contributed by atoms with Crippen LogP contribution in [0, 0.1) is 10.1 Å². The molecule has 0 radical (unpaired) electrons. The van der Waals surface area contributed by atoms with E-state index in [1.807, 2.05) is 0 Å². The third kappa shape index (κ3) is 1.28. The fourth-order valence-electron chi connectivity index (χ4n) is 0.283. The summed E-state index contributed by atoms with van der Waals surface area (Å²) in [7, 11) is 0. The number of aliphatic hydroxyl groups is 2. The Morgan fingerprint density at radius 2 is 1.90 bits per heavy atom. The van der Waals surface area contributed by atoms with Crippen molar-refractivity contribution in [1.29, 1.82) is 0 Å². The second kappa shape index (κ2) is 3.23. The summed E-state index contributed by atoms with van der Waals surface area (Å²) < 4.78 is 0. The summed E-state index contributed by atoms with van der Waals surface area (Å²) in [6.07, 6.45) is -0.0764. The van der Waals surface area contributed by atoms with Crippen LogP contribution in [0.3, 0.4) is 0 Å². The molecule has 58 valence electrons. The lowest BCUT2D eigenvalue weighted by Gasteiger charge is -2.12. The summed E-state index contributed by atoms with van der Waals surface area (Å²) in [5.41, 5.74) is -2.22. The molecule has 0 fully saturated rings. The SMILES string of the molecule is O=CC(CO)(CO)[N+](=O)[O-]. The molecule has 0 aromatic rings. The molecule has 0 aliphatic heterocycles. The summed E-state index contributed by atoms with van der Waals surface area (Å²) in [6.45, 7) is -1.97. The summed E-state index contributed by atoms with van der Waals surface area (Å²) in [4.78, 5) is 18.9. The molecule has 6 heteroatoms. The second-order valence-electron chi connectivity index (χ2n) is 1.79. The molecule has 0 atom stereocenters. The van der Waals surface area contributed by atoms with Gasteiger partial charge in [-0.15, -0.1) is 0 Å². The van der Waals surface area contributed by atoms with Crippen LogP contribution in [0.2, 0.25) is 0 Å². The van der Waals surface area contributed by atoms with Gasteiger partial charge in [-0.1, -0.05) is 0 Å². The minimum absolute atomic E-state index is 0.0764. The average molecular weight is 149 g/mol. The minimum Gasteiger partial charge on any atom is -0.388 e. The van der Waals surface area contributed by atoms with Crippen LogP contribution in [-0.4, -0.2) is 40.2 Å². The van der Waals surface area contributed by atoms with Gasteiger partial charge in [0.2, 0.25) is 6.29 Å². The van der Waals surface area contributed by atoms with Gasteiger partial charge in [0.25, 0.3) is 0 Å². The lowest BCUT2D eigenvalue weighted by Crippen LogP contribution is -2.47. The molecule has 0 rings (SSSR count).